The second-order valence-corrected chi connectivity index (χ2v) is 7.97. The number of alkyl halides is 3. The normalized spacial score (nSPS) is 23.2. The molecule has 2 atom stereocenters. The molecule has 1 aromatic carbocycles. The van der Waals surface area contributed by atoms with E-state index in [4.69, 9.17) is 16.7 Å². The average Bonchev–Trinajstić information content (AvgIpc) is 2.46. The SMILES string of the molecule is CC1CCC(C(=O)O)CN1S(=O)(=O)c1ccc(Cl)cc1C(F)(F)F. The number of nitrogens with zero attached hydrogens (tertiary/aromatic N) is 1. The number of hydrogen-bond acceptors (Lipinski definition) is 3. The van der Waals surface area contributed by atoms with Gasteiger partial charge in [0.05, 0.1) is 16.4 Å². The molecule has 0 amide bonds. The van der Waals surface area contributed by atoms with Gasteiger partial charge >= 0.3 is 12.1 Å². The van der Waals surface area contributed by atoms with Crippen LogP contribution in [-0.2, 0) is 21.0 Å². The summed E-state index contributed by atoms with van der Waals surface area (Å²) in [5.41, 5.74) is -1.36. The lowest BCUT2D eigenvalue weighted by Crippen LogP contribution is -2.47. The quantitative estimate of drug-likeness (QED) is 0.866. The van der Waals surface area contributed by atoms with Crippen LogP contribution in [-0.4, -0.2) is 36.4 Å². The average molecular weight is 386 g/mol. The van der Waals surface area contributed by atoms with E-state index in [1.54, 1.807) is 6.92 Å². The van der Waals surface area contributed by atoms with Crippen LogP contribution in [0.1, 0.15) is 25.3 Å². The molecular weight excluding hydrogens is 371 g/mol. The van der Waals surface area contributed by atoms with Gasteiger partial charge in [-0.15, -0.1) is 0 Å². The molecule has 10 heteroatoms. The van der Waals surface area contributed by atoms with Crippen molar-refractivity contribution in [2.45, 2.75) is 36.9 Å². The van der Waals surface area contributed by atoms with Crippen LogP contribution in [0.15, 0.2) is 23.1 Å². The fourth-order valence-corrected chi connectivity index (χ4v) is 4.76. The largest absolute Gasteiger partial charge is 0.481 e. The Morgan fingerprint density at radius 3 is 2.50 bits per heavy atom. The van der Waals surface area contributed by atoms with Crippen molar-refractivity contribution in [2.24, 2.45) is 5.92 Å². The van der Waals surface area contributed by atoms with Gasteiger partial charge in [0, 0.05) is 17.6 Å². The molecule has 24 heavy (non-hydrogen) atoms. The van der Waals surface area contributed by atoms with Crippen molar-refractivity contribution in [3.05, 3.63) is 28.8 Å². The molecule has 0 aromatic heterocycles. The molecule has 1 aliphatic rings. The van der Waals surface area contributed by atoms with Gasteiger partial charge in [-0.05, 0) is 38.0 Å². The predicted octanol–water partition coefficient (Wildman–Crippen LogP) is 3.23. The smallest absolute Gasteiger partial charge is 0.417 e. The summed E-state index contributed by atoms with van der Waals surface area (Å²) in [6.07, 6.45) is -4.38. The van der Waals surface area contributed by atoms with Gasteiger partial charge in [-0.25, -0.2) is 8.42 Å². The molecule has 1 aliphatic heterocycles. The Morgan fingerprint density at radius 2 is 1.96 bits per heavy atom. The Balaban J connectivity index is 2.52. The lowest BCUT2D eigenvalue weighted by atomic mass is 9.96. The molecule has 0 spiro atoms. The third-order valence-electron chi connectivity index (χ3n) is 4.01. The van der Waals surface area contributed by atoms with E-state index in [0.717, 1.165) is 16.4 Å². The Kier molecular flexibility index (Phi) is 5.17. The first-order valence-corrected chi connectivity index (χ1v) is 8.87. The van der Waals surface area contributed by atoms with Crippen LogP contribution < -0.4 is 0 Å². The van der Waals surface area contributed by atoms with E-state index in [0.29, 0.717) is 6.07 Å². The zero-order chi connectivity index (χ0) is 18.3. The number of benzene rings is 1. The van der Waals surface area contributed by atoms with Gasteiger partial charge in [-0.3, -0.25) is 4.79 Å². The molecule has 5 nitrogen and oxygen atoms in total. The van der Waals surface area contributed by atoms with Crippen LogP contribution in [0.2, 0.25) is 5.02 Å². The van der Waals surface area contributed by atoms with Crippen LogP contribution in [0, 0.1) is 5.92 Å². The van der Waals surface area contributed by atoms with Crippen molar-refractivity contribution < 1.29 is 31.5 Å². The topological polar surface area (TPSA) is 74.7 Å². The monoisotopic (exact) mass is 385 g/mol. The van der Waals surface area contributed by atoms with E-state index in [1.165, 1.54) is 0 Å². The first-order chi connectivity index (χ1) is 10.9. The molecule has 0 radical (unpaired) electrons. The molecular formula is C14H15ClF3NO4S. The molecule has 2 rings (SSSR count). The molecule has 134 valence electrons. The summed E-state index contributed by atoms with van der Waals surface area (Å²) in [7, 11) is -4.52. The van der Waals surface area contributed by atoms with Crippen LogP contribution in [0.3, 0.4) is 0 Å². The van der Waals surface area contributed by atoms with Crippen molar-refractivity contribution in [3.8, 4) is 0 Å². The van der Waals surface area contributed by atoms with Crippen molar-refractivity contribution in [3.63, 3.8) is 0 Å². The Hall–Kier alpha value is -1.32. The van der Waals surface area contributed by atoms with E-state index in [1.807, 2.05) is 0 Å². The Labute approximate surface area is 142 Å². The van der Waals surface area contributed by atoms with E-state index in [-0.39, 0.29) is 24.4 Å². The zero-order valence-corrected chi connectivity index (χ0v) is 14.1. The summed E-state index contributed by atoms with van der Waals surface area (Å²) >= 11 is 5.57. The molecule has 0 bridgehead atoms. The second-order valence-electron chi connectivity index (χ2n) is 5.67. The van der Waals surface area contributed by atoms with Crippen LogP contribution in [0.25, 0.3) is 0 Å². The third kappa shape index (κ3) is 3.68. The number of carbonyl (C=O) groups is 1. The highest BCUT2D eigenvalue weighted by molar-refractivity contribution is 7.89. The fourth-order valence-electron chi connectivity index (χ4n) is 2.69. The van der Waals surface area contributed by atoms with E-state index in [9.17, 15) is 26.4 Å². The predicted molar refractivity (Wildman–Crippen MR) is 80.2 cm³/mol. The van der Waals surface area contributed by atoms with Crippen LogP contribution in [0.5, 0.6) is 0 Å². The Morgan fingerprint density at radius 1 is 1.33 bits per heavy atom. The summed E-state index contributed by atoms with van der Waals surface area (Å²) in [4.78, 5) is 10.2. The minimum Gasteiger partial charge on any atom is -0.481 e. The lowest BCUT2D eigenvalue weighted by molar-refractivity contribution is -0.143. The number of piperidine rings is 1. The number of sulfonamides is 1. The first-order valence-electron chi connectivity index (χ1n) is 7.06. The van der Waals surface area contributed by atoms with Gasteiger partial charge in [0.1, 0.15) is 0 Å². The molecule has 2 unspecified atom stereocenters. The summed E-state index contributed by atoms with van der Waals surface area (Å²) in [5, 5.41) is 8.84. The number of aliphatic carboxylic acids is 1. The second kappa shape index (κ2) is 6.53. The summed E-state index contributed by atoms with van der Waals surface area (Å²) in [6, 6.07) is 1.82. The number of rotatable bonds is 3. The minimum atomic E-state index is -4.90. The number of halogens is 4. The highest BCUT2D eigenvalue weighted by atomic mass is 35.5. The molecule has 0 saturated carbocycles. The molecule has 1 saturated heterocycles. The van der Waals surface area contributed by atoms with Gasteiger partial charge < -0.3 is 5.11 Å². The van der Waals surface area contributed by atoms with Crippen molar-refractivity contribution in [1.82, 2.24) is 4.31 Å². The van der Waals surface area contributed by atoms with E-state index < -0.39 is 44.6 Å². The van der Waals surface area contributed by atoms with E-state index >= 15 is 0 Å². The van der Waals surface area contributed by atoms with Crippen molar-refractivity contribution >= 4 is 27.6 Å². The minimum absolute atomic E-state index is 0.239. The summed E-state index contributed by atoms with van der Waals surface area (Å²) in [6.45, 7) is 1.18. The first kappa shape index (κ1) is 19.0. The molecule has 1 heterocycles. The molecule has 0 aliphatic carbocycles. The van der Waals surface area contributed by atoms with Crippen LogP contribution >= 0.6 is 11.6 Å². The molecule has 1 N–H and O–H groups in total. The maximum absolute atomic E-state index is 13.2. The lowest BCUT2D eigenvalue weighted by Gasteiger charge is -2.35. The summed E-state index contributed by atoms with van der Waals surface area (Å²) < 4.78 is 65.9. The maximum Gasteiger partial charge on any atom is 0.417 e. The molecule has 1 aromatic rings. The number of carboxylic acid groups (broad SMARTS) is 1. The van der Waals surface area contributed by atoms with Crippen LogP contribution in [0.4, 0.5) is 13.2 Å². The van der Waals surface area contributed by atoms with Gasteiger partial charge in [-0.1, -0.05) is 11.6 Å². The van der Waals surface area contributed by atoms with Gasteiger partial charge in [-0.2, -0.15) is 17.5 Å². The molecule has 1 fully saturated rings. The van der Waals surface area contributed by atoms with Gasteiger partial charge in [0.15, 0.2) is 0 Å². The zero-order valence-electron chi connectivity index (χ0n) is 12.5. The fraction of sp³-hybridized carbons (Fsp3) is 0.500. The summed E-state index contributed by atoms with van der Waals surface area (Å²) in [5.74, 6) is -2.12. The van der Waals surface area contributed by atoms with Crippen molar-refractivity contribution in [2.75, 3.05) is 6.54 Å². The van der Waals surface area contributed by atoms with E-state index in [2.05, 4.69) is 0 Å². The Bertz CT molecular complexity index is 751. The number of carboxylic acids is 1. The standard InChI is InChI=1S/C14H15ClF3NO4S/c1-8-2-3-9(13(20)21)7-19(8)24(22,23)12-5-4-10(15)6-11(12)14(16,17)18/h4-6,8-9H,2-3,7H2,1H3,(H,20,21). The van der Waals surface area contributed by atoms with Crippen molar-refractivity contribution in [1.29, 1.82) is 0 Å². The van der Waals surface area contributed by atoms with Gasteiger partial charge in [0.25, 0.3) is 0 Å². The highest BCUT2D eigenvalue weighted by Gasteiger charge is 2.42. The third-order valence-corrected chi connectivity index (χ3v) is 6.28. The maximum atomic E-state index is 13.2. The number of hydrogen-bond donors (Lipinski definition) is 1. The highest BCUT2D eigenvalue weighted by Crippen LogP contribution is 2.38. The van der Waals surface area contributed by atoms with Gasteiger partial charge in [0.2, 0.25) is 10.0 Å².